The largest absolute Gasteiger partial charge is 0.480 e. The fraction of sp³-hybridized carbons (Fsp3) is 0.500. The molecule has 0 bridgehead atoms. The summed E-state index contributed by atoms with van der Waals surface area (Å²) in [5.41, 5.74) is 0.737. The molecule has 0 fully saturated rings. The molecule has 0 aliphatic carbocycles. The summed E-state index contributed by atoms with van der Waals surface area (Å²) < 4.78 is 0. The quantitative estimate of drug-likeness (QED) is 0.833. The lowest BCUT2D eigenvalue weighted by molar-refractivity contribution is -0.137. The minimum absolute atomic E-state index is 0.199. The molecule has 6 heteroatoms. The van der Waals surface area contributed by atoms with Crippen molar-refractivity contribution in [2.24, 2.45) is 5.92 Å². The van der Waals surface area contributed by atoms with Gasteiger partial charge in [-0.05, 0) is 25.0 Å². The minimum atomic E-state index is -1.02. The number of urea groups is 1. The van der Waals surface area contributed by atoms with Crippen molar-refractivity contribution < 1.29 is 14.7 Å². The van der Waals surface area contributed by atoms with Crippen molar-refractivity contribution in [3.8, 4) is 0 Å². The molecular weight excluding hydrogens is 258 g/mol. The molecule has 20 heavy (non-hydrogen) atoms. The molecule has 0 spiro atoms. The monoisotopic (exact) mass is 279 g/mol. The summed E-state index contributed by atoms with van der Waals surface area (Å²) in [6, 6.07) is 4.79. The summed E-state index contributed by atoms with van der Waals surface area (Å²) >= 11 is 0. The second-order valence-corrected chi connectivity index (χ2v) is 5.09. The second kappa shape index (κ2) is 7.47. The molecule has 2 amide bonds. The van der Waals surface area contributed by atoms with E-state index < -0.39 is 5.97 Å². The third-order valence-electron chi connectivity index (χ3n) is 2.67. The van der Waals surface area contributed by atoms with Gasteiger partial charge in [-0.2, -0.15) is 0 Å². The first-order valence-electron chi connectivity index (χ1n) is 6.58. The van der Waals surface area contributed by atoms with Crippen molar-refractivity contribution in [2.75, 3.05) is 13.1 Å². The van der Waals surface area contributed by atoms with E-state index in [0.29, 0.717) is 6.54 Å². The number of carbonyl (C=O) groups excluding carboxylic acids is 1. The zero-order valence-electron chi connectivity index (χ0n) is 12.0. The third-order valence-corrected chi connectivity index (χ3v) is 2.67. The topological polar surface area (TPSA) is 82.5 Å². The number of carboxylic acids is 1. The first-order chi connectivity index (χ1) is 9.40. The number of pyridine rings is 1. The smallest absolute Gasteiger partial charge is 0.323 e. The van der Waals surface area contributed by atoms with Crippen LogP contribution in [0, 0.1) is 5.92 Å². The summed E-state index contributed by atoms with van der Waals surface area (Å²) in [5, 5.41) is 11.6. The number of amides is 2. The molecule has 1 unspecified atom stereocenters. The molecule has 0 saturated heterocycles. The molecule has 1 rings (SSSR count). The second-order valence-electron chi connectivity index (χ2n) is 5.09. The van der Waals surface area contributed by atoms with Crippen LogP contribution in [-0.2, 0) is 4.79 Å². The Balaban J connectivity index is 2.67. The molecule has 2 N–H and O–H groups in total. The Morgan fingerprint density at radius 2 is 2.05 bits per heavy atom. The van der Waals surface area contributed by atoms with Crippen molar-refractivity contribution in [2.45, 2.75) is 26.8 Å². The number of carbonyl (C=O) groups is 2. The van der Waals surface area contributed by atoms with E-state index in [4.69, 9.17) is 5.11 Å². The van der Waals surface area contributed by atoms with Crippen LogP contribution in [0.4, 0.5) is 4.79 Å². The molecule has 1 heterocycles. The molecule has 0 aliphatic heterocycles. The van der Waals surface area contributed by atoms with Crippen molar-refractivity contribution in [3.05, 3.63) is 30.1 Å². The van der Waals surface area contributed by atoms with Crippen LogP contribution in [-0.4, -0.2) is 40.1 Å². The lowest BCUT2D eigenvalue weighted by Crippen LogP contribution is -2.45. The number of hydrogen-bond donors (Lipinski definition) is 2. The van der Waals surface area contributed by atoms with E-state index in [-0.39, 0.29) is 24.5 Å². The molecule has 110 valence electrons. The van der Waals surface area contributed by atoms with Gasteiger partial charge in [0.1, 0.15) is 6.54 Å². The van der Waals surface area contributed by atoms with Crippen LogP contribution in [0.25, 0.3) is 0 Å². The van der Waals surface area contributed by atoms with E-state index in [9.17, 15) is 9.59 Å². The lowest BCUT2D eigenvalue weighted by Gasteiger charge is -2.25. The predicted octanol–water partition coefficient (Wildman–Crippen LogP) is 1.89. The van der Waals surface area contributed by atoms with Gasteiger partial charge in [-0.3, -0.25) is 9.78 Å². The van der Waals surface area contributed by atoms with Gasteiger partial charge < -0.3 is 15.3 Å². The Morgan fingerprint density at radius 1 is 1.35 bits per heavy atom. The highest BCUT2D eigenvalue weighted by Crippen LogP contribution is 2.09. The van der Waals surface area contributed by atoms with Crippen molar-refractivity contribution in [3.63, 3.8) is 0 Å². The highest BCUT2D eigenvalue weighted by molar-refractivity contribution is 5.80. The third kappa shape index (κ3) is 5.26. The molecule has 0 saturated carbocycles. The summed E-state index contributed by atoms with van der Waals surface area (Å²) in [6.07, 6.45) is 1.65. The maximum Gasteiger partial charge on any atom is 0.323 e. The average Bonchev–Trinajstić information content (AvgIpc) is 2.37. The van der Waals surface area contributed by atoms with Crippen LogP contribution in [0.1, 0.15) is 32.5 Å². The predicted molar refractivity (Wildman–Crippen MR) is 75.2 cm³/mol. The number of nitrogens with one attached hydrogen (secondary N) is 1. The molecule has 0 aromatic carbocycles. The molecule has 1 aromatic heterocycles. The highest BCUT2D eigenvalue weighted by atomic mass is 16.4. The van der Waals surface area contributed by atoms with Gasteiger partial charge in [0.05, 0.1) is 11.7 Å². The molecule has 0 aliphatic rings. The maximum atomic E-state index is 12.1. The van der Waals surface area contributed by atoms with Gasteiger partial charge in [0.2, 0.25) is 0 Å². The van der Waals surface area contributed by atoms with E-state index in [0.717, 1.165) is 5.69 Å². The summed E-state index contributed by atoms with van der Waals surface area (Å²) in [7, 11) is 0. The Morgan fingerprint density at radius 3 is 2.55 bits per heavy atom. The normalized spacial score (nSPS) is 12.0. The summed E-state index contributed by atoms with van der Waals surface area (Å²) in [4.78, 5) is 28.4. The van der Waals surface area contributed by atoms with Crippen molar-refractivity contribution in [1.29, 1.82) is 0 Å². The fourth-order valence-electron chi connectivity index (χ4n) is 1.81. The Kier molecular flexibility index (Phi) is 5.96. The summed E-state index contributed by atoms with van der Waals surface area (Å²) in [6.45, 7) is 5.77. The van der Waals surface area contributed by atoms with Gasteiger partial charge in [0.25, 0.3) is 0 Å². The zero-order chi connectivity index (χ0) is 15.1. The fourth-order valence-corrected chi connectivity index (χ4v) is 1.81. The zero-order valence-corrected chi connectivity index (χ0v) is 12.0. The average molecular weight is 279 g/mol. The number of nitrogens with zero attached hydrogens (tertiary/aromatic N) is 2. The van der Waals surface area contributed by atoms with Crippen LogP contribution in [0.5, 0.6) is 0 Å². The number of rotatable bonds is 6. The Bertz CT molecular complexity index is 448. The van der Waals surface area contributed by atoms with Gasteiger partial charge in [0, 0.05) is 12.7 Å². The van der Waals surface area contributed by atoms with Gasteiger partial charge in [-0.25, -0.2) is 4.79 Å². The SMILES string of the molecule is CC(C)CN(CC(=O)O)C(=O)NC(C)c1ccccn1. The Labute approximate surface area is 118 Å². The van der Waals surface area contributed by atoms with E-state index in [2.05, 4.69) is 10.3 Å². The lowest BCUT2D eigenvalue weighted by atomic mass is 10.2. The van der Waals surface area contributed by atoms with Gasteiger partial charge in [-0.15, -0.1) is 0 Å². The summed E-state index contributed by atoms with van der Waals surface area (Å²) in [5.74, 6) is -0.823. The number of aromatic nitrogens is 1. The van der Waals surface area contributed by atoms with Crippen LogP contribution in [0.3, 0.4) is 0 Å². The first kappa shape index (κ1) is 15.9. The molecule has 1 aromatic rings. The van der Waals surface area contributed by atoms with Crippen LogP contribution >= 0.6 is 0 Å². The molecule has 6 nitrogen and oxygen atoms in total. The van der Waals surface area contributed by atoms with Crippen LogP contribution < -0.4 is 5.32 Å². The molecular formula is C14H21N3O3. The molecule has 1 atom stereocenters. The van der Waals surface area contributed by atoms with Gasteiger partial charge >= 0.3 is 12.0 Å². The minimum Gasteiger partial charge on any atom is -0.480 e. The Hall–Kier alpha value is -2.11. The van der Waals surface area contributed by atoms with Gasteiger partial charge in [0.15, 0.2) is 0 Å². The van der Waals surface area contributed by atoms with E-state index in [1.807, 2.05) is 32.9 Å². The van der Waals surface area contributed by atoms with Crippen LogP contribution in [0.15, 0.2) is 24.4 Å². The first-order valence-corrected chi connectivity index (χ1v) is 6.58. The highest BCUT2D eigenvalue weighted by Gasteiger charge is 2.20. The van der Waals surface area contributed by atoms with Gasteiger partial charge in [-0.1, -0.05) is 19.9 Å². The van der Waals surface area contributed by atoms with Crippen LogP contribution in [0.2, 0.25) is 0 Å². The van der Waals surface area contributed by atoms with E-state index in [1.165, 1.54) is 4.90 Å². The molecule has 0 radical (unpaired) electrons. The number of hydrogen-bond acceptors (Lipinski definition) is 3. The number of aliphatic carboxylic acids is 1. The van der Waals surface area contributed by atoms with E-state index in [1.54, 1.807) is 12.3 Å². The standard InChI is InChI=1S/C14H21N3O3/c1-10(2)8-17(9-13(18)19)14(20)16-11(3)12-6-4-5-7-15-12/h4-7,10-11H,8-9H2,1-3H3,(H,16,20)(H,18,19). The van der Waals surface area contributed by atoms with E-state index >= 15 is 0 Å². The maximum absolute atomic E-state index is 12.1. The van der Waals surface area contributed by atoms with Crippen molar-refractivity contribution >= 4 is 12.0 Å². The number of carboxylic acid groups (broad SMARTS) is 1. The van der Waals surface area contributed by atoms with Crippen molar-refractivity contribution in [1.82, 2.24) is 15.2 Å².